The lowest BCUT2D eigenvalue weighted by molar-refractivity contribution is -0.117. The number of hydrogen-bond acceptors (Lipinski definition) is 8. The summed E-state index contributed by atoms with van der Waals surface area (Å²) in [5.74, 6) is 5.09. The average molecular weight is 450 g/mol. The van der Waals surface area contributed by atoms with E-state index in [1.54, 1.807) is 12.1 Å². The fraction of sp³-hybridized carbons (Fsp3) is 0.211. The molecule has 1 atom stereocenters. The Kier molecular flexibility index (Phi) is 6.80. The van der Waals surface area contributed by atoms with E-state index in [1.165, 1.54) is 35.1 Å². The van der Waals surface area contributed by atoms with E-state index < -0.39 is 11.7 Å². The van der Waals surface area contributed by atoms with Crippen LogP contribution in [0.1, 0.15) is 22.3 Å². The first-order chi connectivity index (χ1) is 14.2. The predicted octanol–water partition coefficient (Wildman–Crippen LogP) is 2.44. The van der Waals surface area contributed by atoms with Crippen LogP contribution >= 0.6 is 23.4 Å². The lowest BCUT2D eigenvalue weighted by Crippen LogP contribution is -2.35. The maximum absolute atomic E-state index is 13.2. The standard InChI is InChI=1S/C19H21ClFN7OS/c1-10-3-6-16(11(2)25-10)28(23)9-15(22)18(29)24-8-17-26-27-19(30-17)13-5-4-12(21)7-14(13)20/h3-7,9,19,27H,8,22-23H2,1-2H3,(H,24,29)/b15-9-. The van der Waals surface area contributed by atoms with E-state index >= 15 is 0 Å². The van der Waals surface area contributed by atoms with Gasteiger partial charge in [0.1, 0.15) is 21.9 Å². The van der Waals surface area contributed by atoms with Crippen LogP contribution in [0.5, 0.6) is 0 Å². The molecule has 0 saturated carbocycles. The number of anilines is 1. The van der Waals surface area contributed by atoms with Crippen molar-refractivity contribution in [1.29, 1.82) is 0 Å². The highest BCUT2D eigenvalue weighted by molar-refractivity contribution is 8.14. The Bertz CT molecular complexity index is 1030. The molecule has 0 spiro atoms. The third-order valence-corrected chi connectivity index (χ3v) is 5.65. The second kappa shape index (κ2) is 9.33. The number of benzene rings is 1. The molecule has 1 aromatic heterocycles. The fourth-order valence-electron chi connectivity index (χ4n) is 2.74. The van der Waals surface area contributed by atoms with Crippen molar-refractivity contribution in [2.75, 3.05) is 11.6 Å². The van der Waals surface area contributed by atoms with Gasteiger partial charge in [-0.05, 0) is 38.1 Å². The van der Waals surface area contributed by atoms with Crippen LogP contribution in [0.3, 0.4) is 0 Å². The van der Waals surface area contributed by atoms with E-state index in [9.17, 15) is 9.18 Å². The van der Waals surface area contributed by atoms with Gasteiger partial charge in [0.2, 0.25) is 0 Å². The van der Waals surface area contributed by atoms with Crippen molar-refractivity contribution in [2.45, 2.75) is 19.2 Å². The van der Waals surface area contributed by atoms with Gasteiger partial charge in [-0.25, -0.2) is 10.2 Å². The maximum atomic E-state index is 13.2. The van der Waals surface area contributed by atoms with Gasteiger partial charge >= 0.3 is 0 Å². The number of halogens is 2. The molecule has 30 heavy (non-hydrogen) atoms. The number of hydrazine groups is 1. The van der Waals surface area contributed by atoms with Crippen molar-refractivity contribution >= 4 is 40.0 Å². The Morgan fingerprint density at radius 2 is 2.17 bits per heavy atom. The monoisotopic (exact) mass is 449 g/mol. The predicted molar refractivity (Wildman–Crippen MR) is 118 cm³/mol. The third-order valence-electron chi connectivity index (χ3n) is 4.22. The molecule has 1 aliphatic heterocycles. The van der Waals surface area contributed by atoms with Gasteiger partial charge < -0.3 is 11.1 Å². The largest absolute Gasteiger partial charge is 0.393 e. The van der Waals surface area contributed by atoms with Gasteiger partial charge in [-0.2, -0.15) is 5.10 Å². The molecule has 0 fully saturated rings. The van der Waals surface area contributed by atoms with Gasteiger partial charge in [-0.3, -0.25) is 20.2 Å². The molecule has 0 bridgehead atoms. The average Bonchev–Trinajstić information content (AvgIpc) is 3.14. The number of nitrogens with one attached hydrogen (secondary N) is 2. The lowest BCUT2D eigenvalue weighted by atomic mass is 10.2. The number of hydrogen-bond donors (Lipinski definition) is 4. The minimum Gasteiger partial charge on any atom is -0.393 e. The third kappa shape index (κ3) is 5.21. The van der Waals surface area contributed by atoms with E-state index in [4.69, 9.17) is 23.2 Å². The highest BCUT2D eigenvalue weighted by atomic mass is 35.5. The molecule has 0 aliphatic carbocycles. The first-order valence-corrected chi connectivity index (χ1v) is 10.2. The van der Waals surface area contributed by atoms with Crippen LogP contribution in [0.4, 0.5) is 10.1 Å². The molecule has 1 amide bonds. The van der Waals surface area contributed by atoms with Crippen LogP contribution in [0, 0.1) is 19.7 Å². The molecule has 158 valence electrons. The highest BCUT2D eigenvalue weighted by Crippen LogP contribution is 2.35. The number of carbonyl (C=O) groups is 1. The summed E-state index contributed by atoms with van der Waals surface area (Å²) in [4.78, 5) is 16.6. The van der Waals surface area contributed by atoms with Crippen LogP contribution in [0.15, 0.2) is 47.3 Å². The van der Waals surface area contributed by atoms with E-state index in [0.29, 0.717) is 21.3 Å². The molecule has 6 N–H and O–H groups in total. The minimum atomic E-state index is -0.491. The number of rotatable bonds is 6. The van der Waals surface area contributed by atoms with Gasteiger partial charge in [0.15, 0.2) is 0 Å². The van der Waals surface area contributed by atoms with Crippen LogP contribution in [0.2, 0.25) is 5.02 Å². The number of pyridine rings is 1. The molecule has 1 aliphatic rings. The Morgan fingerprint density at radius 1 is 1.40 bits per heavy atom. The minimum absolute atomic E-state index is 0.0628. The Hall–Kier alpha value is -2.82. The summed E-state index contributed by atoms with van der Waals surface area (Å²) in [7, 11) is 0. The first kappa shape index (κ1) is 21.9. The Labute approximate surface area is 182 Å². The number of aromatic nitrogens is 1. The summed E-state index contributed by atoms with van der Waals surface area (Å²) < 4.78 is 13.2. The zero-order chi connectivity index (χ0) is 21.8. The van der Waals surface area contributed by atoms with Gasteiger partial charge in [-0.15, -0.1) is 0 Å². The summed E-state index contributed by atoms with van der Waals surface area (Å²) in [6.07, 6.45) is 1.33. The van der Waals surface area contributed by atoms with Crippen LogP contribution in [-0.4, -0.2) is 22.5 Å². The van der Waals surface area contributed by atoms with Crippen molar-refractivity contribution in [1.82, 2.24) is 15.7 Å². The zero-order valence-electron chi connectivity index (χ0n) is 16.3. The topological polar surface area (TPSA) is 122 Å². The summed E-state index contributed by atoms with van der Waals surface area (Å²) in [5.41, 5.74) is 11.6. The molecule has 8 nitrogen and oxygen atoms in total. The molecule has 2 heterocycles. The van der Waals surface area contributed by atoms with Crippen molar-refractivity contribution in [3.8, 4) is 0 Å². The van der Waals surface area contributed by atoms with Gasteiger partial charge in [0.05, 0.1) is 24.1 Å². The Morgan fingerprint density at radius 3 is 2.87 bits per heavy atom. The van der Waals surface area contributed by atoms with E-state index in [2.05, 4.69) is 20.8 Å². The fourth-order valence-corrected chi connectivity index (χ4v) is 4.05. The van der Waals surface area contributed by atoms with Crippen molar-refractivity contribution in [3.05, 3.63) is 70.0 Å². The number of aryl methyl sites for hydroxylation is 2. The number of hydrazone groups is 1. The molecule has 1 aromatic carbocycles. The molecule has 1 unspecified atom stereocenters. The van der Waals surface area contributed by atoms with Crippen molar-refractivity contribution < 1.29 is 9.18 Å². The van der Waals surface area contributed by atoms with E-state index in [-0.39, 0.29) is 17.6 Å². The summed E-state index contributed by atoms with van der Waals surface area (Å²) >= 11 is 7.45. The zero-order valence-corrected chi connectivity index (χ0v) is 17.9. The van der Waals surface area contributed by atoms with Crippen LogP contribution < -0.4 is 27.3 Å². The SMILES string of the molecule is Cc1ccc(N(N)/C=C(\N)C(=O)NCC2=NNC(c3ccc(F)cc3Cl)S2)c(C)n1. The summed E-state index contributed by atoms with van der Waals surface area (Å²) in [5, 5.41) is 8.78. The van der Waals surface area contributed by atoms with E-state index in [0.717, 1.165) is 11.4 Å². The summed E-state index contributed by atoms with van der Waals surface area (Å²) in [6.45, 7) is 3.86. The van der Waals surface area contributed by atoms with Crippen LogP contribution in [0.25, 0.3) is 0 Å². The maximum Gasteiger partial charge on any atom is 0.269 e. The quantitative estimate of drug-likeness (QED) is 0.303. The smallest absolute Gasteiger partial charge is 0.269 e. The first-order valence-electron chi connectivity index (χ1n) is 8.92. The molecular formula is C19H21ClFN7OS. The number of nitrogens with two attached hydrogens (primary N) is 2. The van der Waals surface area contributed by atoms with E-state index in [1.807, 2.05) is 19.9 Å². The normalized spacial score (nSPS) is 16.1. The molecule has 0 radical (unpaired) electrons. The van der Waals surface area contributed by atoms with Crippen LogP contribution in [-0.2, 0) is 4.79 Å². The second-order valence-corrected chi connectivity index (χ2v) is 8.12. The Balaban J connectivity index is 1.55. The number of carbonyl (C=O) groups excluding carboxylic acids is 1. The van der Waals surface area contributed by atoms with Gasteiger partial charge in [0, 0.05) is 16.3 Å². The van der Waals surface area contributed by atoms with Crippen molar-refractivity contribution in [2.24, 2.45) is 16.7 Å². The lowest BCUT2D eigenvalue weighted by Gasteiger charge is -2.17. The molecular weight excluding hydrogens is 429 g/mol. The molecule has 0 saturated heterocycles. The van der Waals surface area contributed by atoms with Gasteiger partial charge in [-0.1, -0.05) is 29.4 Å². The molecule has 11 heteroatoms. The molecule has 2 aromatic rings. The number of amides is 1. The van der Waals surface area contributed by atoms with Gasteiger partial charge in [0.25, 0.3) is 5.91 Å². The second-order valence-electron chi connectivity index (χ2n) is 6.53. The highest BCUT2D eigenvalue weighted by Gasteiger charge is 2.23. The summed E-state index contributed by atoms with van der Waals surface area (Å²) in [6, 6.07) is 7.79. The molecule has 3 rings (SSSR count). The van der Waals surface area contributed by atoms with Crippen molar-refractivity contribution in [3.63, 3.8) is 0 Å². The number of thioether (sulfide) groups is 1. The number of nitrogens with zero attached hydrogens (tertiary/aromatic N) is 3.